The van der Waals surface area contributed by atoms with Crippen LogP contribution in [0.25, 0.3) is 0 Å². The second-order valence-corrected chi connectivity index (χ2v) is 5.72. The first-order valence-corrected chi connectivity index (χ1v) is 8.09. The Kier molecular flexibility index (Phi) is 5.28. The second-order valence-electron chi connectivity index (χ2n) is 5.72. The van der Waals surface area contributed by atoms with Gasteiger partial charge in [-0.1, -0.05) is 33.6 Å². The van der Waals surface area contributed by atoms with Crippen LogP contribution in [-0.2, 0) is 4.74 Å². The molecule has 0 aromatic carbocycles. The van der Waals surface area contributed by atoms with Gasteiger partial charge in [0.25, 0.3) is 0 Å². The van der Waals surface area contributed by atoms with Crippen molar-refractivity contribution >= 4 is 0 Å². The van der Waals surface area contributed by atoms with Gasteiger partial charge in [0.15, 0.2) is 0 Å². The summed E-state index contributed by atoms with van der Waals surface area (Å²) in [5.41, 5.74) is 0.273. The van der Waals surface area contributed by atoms with E-state index < -0.39 is 0 Å². The molecular formula is C16H30N2O. The van der Waals surface area contributed by atoms with E-state index in [9.17, 15) is 0 Å². The first-order chi connectivity index (χ1) is 9.28. The van der Waals surface area contributed by atoms with E-state index in [2.05, 4.69) is 37.1 Å². The van der Waals surface area contributed by atoms with Crippen molar-refractivity contribution < 1.29 is 4.74 Å². The molecule has 0 bridgehead atoms. The van der Waals surface area contributed by atoms with Crippen LogP contribution in [0, 0.1) is 0 Å². The van der Waals surface area contributed by atoms with Crippen LogP contribution in [0.3, 0.4) is 0 Å². The number of nitrogens with zero attached hydrogens (tertiary/aromatic N) is 1. The minimum Gasteiger partial charge on any atom is -0.496 e. The zero-order chi connectivity index (χ0) is 13.7. The van der Waals surface area contributed by atoms with E-state index in [1.807, 2.05) is 0 Å². The van der Waals surface area contributed by atoms with Crippen LogP contribution in [0.2, 0.25) is 0 Å². The van der Waals surface area contributed by atoms with Crippen molar-refractivity contribution in [2.45, 2.75) is 64.5 Å². The molecule has 0 saturated heterocycles. The zero-order valence-electron chi connectivity index (χ0n) is 12.9. The largest absolute Gasteiger partial charge is 0.496 e. The highest BCUT2D eigenvalue weighted by atomic mass is 16.5. The third kappa shape index (κ3) is 2.82. The highest BCUT2D eigenvalue weighted by molar-refractivity contribution is 5.18. The lowest BCUT2D eigenvalue weighted by Gasteiger charge is -2.46. The summed E-state index contributed by atoms with van der Waals surface area (Å²) in [6, 6.07) is 0.377. The lowest BCUT2D eigenvalue weighted by molar-refractivity contribution is 0.0527. The normalized spacial score (nSPS) is 23.5. The lowest BCUT2D eigenvalue weighted by Crippen LogP contribution is -2.60. The quantitative estimate of drug-likeness (QED) is 0.767. The molecule has 0 radical (unpaired) electrons. The molecule has 1 aliphatic heterocycles. The summed E-state index contributed by atoms with van der Waals surface area (Å²) in [7, 11) is 0. The zero-order valence-corrected chi connectivity index (χ0v) is 12.9. The van der Waals surface area contributed by atoms with Crippen LogP contribution >= 0.6 is 0 Å². The molecule has 1 saturated carbocycles. The summed E-state index contributed by atoms with van der Waals surface area (Å²) in [4.78, 5) is 2.66. The predicted molar refractivity (Wildman–Crippen MR) is 80.2 cm³/mol. The maximum atomic E-state index is 5.92. The van der Waals surface area contributed by atoms with E-state index in [-0.39, 0.29) is 5.54 Å². The van der Waals surface area contributed by atoms with Gasteiger partial charge in [-0.05, 0) is 38.6 Å². The summed E-state index contributed by atoms with van der Waals surface area (Å²) < 4.78 is 5.92. The van der Waals surface area contributed by atoms with E-state index in [4.69, 9.17) is 4.74 Å². The fourth-order valence-electron chi connectivity index (χ4n) is 4.03. The van der Waals surface area contributed by atoms with Crippen molar-refractivity contribution in [3.8, 4) is 0 Å². The summed E-state index contributed by atoms with van der Waals surface area (Å²) in [6.07, 6.45) is 8.68. The van der Waals surface area contributed by atoms with Crippen LogP contribution in [0.1, 0.15) is 52.9 Å². The molecule has 0 aromatic rings. The fraction of sp³-hybridized carbons (Fsp3) is 0.875. The fourth-order valence-corrected chi connectivity index (χ4v) is 4.03. The van der Waals surface area contributed by atoms with Crippen molar-refractivity contribution in [3.63, 3.8) is 0 Å². The molecule has 19 heavy (non-hydrogen) atoms. The monoisotopic (exact) mass is 266 g/mol. The molecule has 1 atom stereocenters. The van der Waals surface area contributed by atoms with Crippen molar-refractivity contribution in [2.24, 2.45) is 0 Å². The molecule has 3 nitrogen and oxygen atoms in total. The second kappa shape index (κ2) is 6.76. The molecule has 1 unspecified atom stereocenters. The molecule has 0 aromatic heterocycles. The number of likely N-dealkylation sites (N-methyl/N-ethyl adjacent to an activating group) is 2. The van der Waals surface area contributed by atoms with Gasteiger partial charge in [-0.3, -0.25) is 4.90 Å². The molecule has 2 aliphatic rings. The van der Waals surface area contributed by atoms with Gasteiger partial charge in [0.05, 0.1) is 12.6 Å². The highest BCUT2D eigenvalue weighted by Gasteiger charge is 2.47. The van der Waals surface area contributed by atoms with Crippen molar-refractivity contribution in [2.75, 3.05) is 26.2 Å². The summed E-state index contributed by atoms with van der Waals surface area (Å²) in [6.45, 7) is 10.9. The van der Waals surface area contributed by atoms with Gasteiger partial charge in [-0.2, -0.15) is 0 Å². The molecule has 3 heteroatoms. The van der Waals surface area contributed by atoms with Crippen molar-refractivity contribution in [1.29, 1.82) is 0 Å². The Hall–Kier alpha value is -0.540. The third-order valence-corrected chi connectivity index (χ3v) is 4.82. The predicted octanol–water partition coefficient (Wildman–Crippen LogP) is 2.92. The van der Waals surface area contributed by atoms with Gasteiger partial charge >= 0.3 is 0 Å². The Morgan fingerprint density at radius 3 is 2.42 bits per heavy atom. The van der Waals surface area contributed by atoms with E-state index in [0.29, 0.717) is 6.04 Å². The van der Waals surface area contributed by atoms with Crippen LogP contribution in [0.15, 0.2) is 11.8 Å². The molecule has 0 spiro atoms. The average molecular weight is 266 g/mol. The van der Waals surface area contributed by atoms with Gasteiger partial charge in [0.1, 0.15) is 5.76 Å². The van der Waals surface area contributed by atoms with Gasteiger partial charge in [-0.25, -0.2) is 0 Å². The van der Waals surface area contributed by atoms with Crippen LogP contribution in [-0.4, -0.2) is 42.7 Å². The topological polar surface area (TPSA) is 24.5 Å². The highest BCUT2D eigenvalue weighted by Crippen LogP contribution is 2.41. The molecule has 2 rings (SSSR count). The third-order valence-electron chi connectivity index (χ3n) is 4.82. The lowest BCUT2D eigenvalue weighted by atomic mass is 9.84. The van der Waals surface area contributed by atoms with Gasteiger partial charge in [0, 0.05) is 12.0 Å². The maximum Gasteiger partial charge on any atom is 0.111 e. The van der Waals surface area contributed by atoms with E-state index in [1.165, 1.54) is 31.4 Å². The molecule has 1 heterocycles. The van der Waals surface area contributed by atoms with E-state index in [1.54, 1.807) is 0 Å². The molecule has 1 N–H and O–H groups in total. The summed E-state index contributed by atoms with van der Waals surface area (Å²) in [5.74, 6) is 1.20. The van der Waals surface area contributed by atoms with Crippen LogP contribution in [0.4, 0.5) is 0 Å². The average Bonchev–Trinajstić information content (AvgIpc) is 3.09. The Morgan fingerprint density at radius 1 is 1.26 bits per heavy atom. The van der Waals surface area contributed by atoms with Gasteiger partial charge in [0.2, 0.25) is 0 Å². The Morgan fingerprint density at radius 2 is 1.95 bits per heavy atom. The Labute approximate surface area is 118 Å². The molecular weight excluding hydrogens is 236 g/mol. The number of hydrogen-bond donors (Lipinski definition) is 1. The Balaban J connectivity index is 2.27. The first kappa shape index (κ1) is 14.9. The molecule has 1 aliphatic carbocycles. The van der Waals surface area contributed by atoms with E-state index >= 15 is 0 Å². The molecule has 0 amide bonds. The van der Waals surface area contributed by atoms with Gasteiger partial charge < -0.3 is 10.1 Å². The van der Waals surface area contributed by atoms with Crippen LogP contribution in [0.5, 0.6) is 0 Å². The summed E-state index contributed by atoms with van der Waals surface area (Å²) >= 11 is 0. The molecule has 1 fully saturated rings. The van der Waals surface area contributed by atoms with Crippen LogP contribution < -0.4 is 5.32 Å². The maximum absolute atomic E-state index is 5.92. The Bertz CT molecular complexity index is 304. The SMILES string of the molecule is CCNC(C1=CCCO1)C1(N(CC)CC)CCCC1. The number of hydrogen-bond acceptors (Lipinski definition) is 3. The minimum atomic E-state index is 0.273. The standard InChI is InChI=1S/C16H30N2O/c1-4-17-15(14-10-9-13-19-14)16(11-7-8-12-16)18(5-2)6-3/h10,15,17H,4-9,11-13H2,1-3H3. The summed E-state index contributed by atoms with van der Waals surface area (Å²) in [5, 5.41) is 3.72. The molecule has 110 valence electrons. The van der Waals surface area contributed by atoms with Crippen molar-refractivity contribution in [1.82, 2.24) is 10.2 Å². The number of ether oxygens (including phenoxy) is 1. The minimum absolute atomic E-state index is 0.273. The first-order valence-electron chi connectivity index (χ1n) is 8.09. The number of nitrogens with one attached hydrogen (secondary N) is 1. The van der Waals surface area contributed by atoms with Crippen molar-refractivity contribution in [3.05, 3.63) is 11.8 Å². The van der Waals surface area contributed by atoms with Gasteiger partial charge in [-0.15, -0.1) is 0 Å². The smallest absolute Gasteiger partial charge is 0.111 e. The number of rotatable bonds is 7. The van der Waals surface area contributed by atoms with E-state index in [0.717, 1.165) is 32.7 Å².